The molecule has 21 heavy (non-hydrogen) atoms. The lowest BCUT2D eigenvalue weighted by molar-refractivity contribution is -0.384. The maximum atomic E-state index is 10.6. The minimum Gasteiger partial charge on any atom is -0.405 e. The molecule has 1 N–H and O–H groups in total. The average Bonchev–Trinajstić information content (AvgIpc) is 3.16. The first-order chi connectivity index (χ1) is 10.2. The Morgan fingerprint density at radius 2 is 2.14 bits per heavy atom. The Kier molecular flexibility index (Phi) is 3.78. The predicted molar refractivity (Wildman–Crippen MR) is 72.6 cm³/mol. The molecular formula is C13H14N4O4. The van der Waals surface area contributed by atoms with E-state index >= 15 is 0 Å². The first kappa shape index (κ1) is 13.5. The molecule has 2 heterocycles. The van der Waals surface area contributed by atoms with E-state index in [4.69, 9.17) is 9.15 Å². The second-order valence-corrected chi connectivity index (χ2v) is 4.72. The lowest BCUT2D eigenvalue weighted by Gasteiger charge is -2.03. The molecule has 1 unspecified atom stereocenters. The maximum absolute atomic E-state index is 10.6. The van der Waals surface area contributed by atoms with Crippen LogP contribution in [0.25, 0.3) is 0 Å². The Bertz CT molecular complexity index is 619. The summed E-state index contributed by atoms with van der Waals surface area (Å²) in [7, 11) is 0. The van der Waals surface area contributed by atoms with Crippen molar-refractivity contribution in [3.63, 3.8) is 0 Å². The van der Waals surface area contributed by atoms with Gasteiger partial charge in [0.15, 0.2) is 0 Å². The van der Waals surface area contributed by atoms with Crippen LogP contribution in [0.3, 0.4) is 0 Å². The van der Waals surface area contributed by atoms with Crippen LogP contribution < -0.4 is 5.32 Å². The summed E-state index contributed by atoms with van der Waals surface area (Å²) < 4.78 is 10.9. The van der Waals surface area contributed by atoms with Crippen molar-refractivity contribution in [1.29, 1.82) is 0 Å². The summed E-state index contributed by atoms with van der Waals surface area (Å²) in [6, 6.07) is 6.61. The van der Waals surface area contributed by atoms with E-state index in [1.54, 1.807) is 12.1 Å². The maximum Gasteiger partial charge on any atom is 0.315 e. The van der Waals surface area contributed by atoms with Crippen molar-refractivity contribution in [3.8, 4) is 0 Å². The van der Waals surface area contributed by atoms with Gasteiger partial charge in [0.2, 0.25) is 5.89 Å². The molecule has 2 aromatic rings. The molecule has 1 atom stereocenters. The summed E-state index contributed by atoms with van der Waals surface area (Å²) in [4.78, 5) is 10.1. The van der Waals surface area contributed by atoms with Crippen LogP contribution in [-0.2, 0) is 11.3 Å². The zero-order chi connectivity index (χ0) is 14.7. The third-order valence-corrected chi connectivity index (χ3v) is 3.24. The van der Waals surface area contributed by atoms with E-state index in [2.05, 4.69) is 15.5 Å². The number of nitrogens with one attached hydrogen (secondary N) is 1. The number of anilines is 1. The number of hydrogen-bond donors (Lipinski definition) is 1. The molecule has 0 bridgehead atoms. The highest BCUT2D eigenvalue weighted by atomic mass is 16.6. The zero-order valence-electron chi connectivity index (χ0n) is 11.2. The first-order valence-electron chi connectivity index (χ1n) is 6.64. The number of benzene rings is 1. The minimum atomic E-state index is -0.427. The van der Waals surface area contributed by atoms with Crippen LogP contribution in [-0.4, -0.2) is 21.7 Å². The molecule has 3 rings (SSSR count). The normalized spacial score (nSPS) is 17.8. The van der Waals surface area contributed by atoms with E-state index in [9.17, 15) is 10.1 Å². The monoisotopic (exact) mass is 290 g/mol. The Labute approximate surface area is 120 Å². The Morgan fingerprint density at radius 1 is 1.33 bits per heavy atom. The van der Waals surface area contributed by atoms with Crippen molar-refractivity contribution < 1.29 is 14.1 Å². The molecule has 110 valence electrons. The fourth-order valence-electron chi connectivity index (χ4n) is 2.12. The highest BCUT2D eigenvalue weighted by Gasteiger charge is 2.23. The lowest BCUT2D eigenvalue weighted by atomic mass is 10.2. The first-order valence-corrected chi connectivity index (χ1v) is 6.64. The summed E-state index contributed by atoms with van der Waals surface area (Å²) in [6.07, 6.45) is 1.79. The fourth-order valence-corrected chi connectivity index (χ4v) is 2.12. The topological polar surface area (TPSA) is 103 Å². The molecule has 8 heteroatoms. The van der Waals surface area contributed by atoms with Crippen LogP contribution in [0.5, 0.6) is 0 Å². The summed E-state index contributed by atoms with van der Waals surface area (Å²) in [5, 5.41) is 21.4. The van der Waals surface area contributed by atoms with Crippen molar-refractivity contribution in [2.45, 2.75) is 25.5 Å². The third kappa shape index (κ3) is 3.16. The van der Waals surface area contributed by atoms with Crippen LogP contribution in [0.15, 0.2) is 28.7 Å². The van der Waals surface area contributed by atoms with E-state index in [0.29, 0.717) is 18.5 Å². The summed E-state index contributed by atoms with van der Waals surface area (Å²) in [6.45, 7) is 1.17. The predicted octanol–water partition coefficient (Wildman–Crippen LogP) is 2.44. The van der Waals surface area contributed by atoms with Crippen LogP contribution in [0.4, 0.5) is 11.7 Å². The van der Waals surface area contributed by atoms with Gasteiger partial charge in [0.25, 0.3) is 5.69 Å². The van der Waals surface area contributed by atoms with Crippen LogP contribution in [0.2, 0.25) is 0 Å². The molecule has 0 spiro atoms. The molecule has 1 aromatic heterocycles. The molecule has 1 aromatic carbocycles. The van der Waals surface area contributed by atoms with E-state index < -0.39 is 4.92 Å². The van der Waals surface area contributed by atoms with Crippen molar-refractivity contribution >= 4 is 11.7 Å². The smallest absolute Gasteiger partial charge is 0.315 e. The van der Waals surface area contributed by atoms with Gasteiger partial charge >= 0.3 is 6.01 Å². The molecule has 1 aliphatic rings. The molecule has 0 radical (unpaired) electrons. The fraction of sp³-hybridized carbons (Fsp3) is 0.385. The van der Waals surface area contributed by atoms with Gasteiger partial charge in [-0.05, 0) is 18.4 Å². The summed E-state index contributed by atoms with van der Waals surface area (Å²) >= 11 is 0. The SMILES string of the molecule is O=[N+]([O-])c1ccc(CNc2nnc(C3CCCO3)o2)cc1. The highest BCUT2D eigenvalue weighted by Crippen LogP contribution is 2.28. The molecule has 0 saturated carbocycles. The Morgan fingerprint density at radius 3 is 2.81 bits per heavy atom. The van der Waals surface area contributed by atoms with E-state index in [1.807, 2.05) is 0 Å². The number of aromatic nitrogens is 2. The van der Waals surface area contributed by atoms with Crippen molar-refractivity contribution in [2.24, 2.45) is 0 Å². The molecule has 0 aliphatic carbocycles. The Balaban J connectivity index is 1.58. The van der Waals surface area contributed by atoms with Crippen LogP contribution in [0, 0.1) is 10.1 Å². The van der Waals surface area contributed by atoms with E-state index in [1.165, 1.54) is 12.1 Å². The number of hydrogen-bond acceptors (Lipinski definition) is 7. The second-order valence-electron chi connectivity index (χ2n) is 4.72. The lowest BCUT2D eigenvalue weighted by Crippen LogP contribution is -1.99. The van der Waals surface area contributed by atoms with Gasteiger partial charge < -0.3 is 14.5 Å². The van der Waals surface area contributed by atoms with Gasteiger partial charge in [0.05, 0.1) is 4.92 Å². The van der Waals surface area contributed by atoms with Crippen molar-refractivity contribution in [3.05, 3.63) is 45.8 Å². The summed E-state index contributed by atoms with van der Waals surface area (Å²) in [5.41, 5.74) is 0.953. The number of nitro benzene ring substituents is 1. The minimum absolute atomic E-state index is 0.0669. The van der Waals surface area contributed by atoms with Gasteiger partial charge in [-0.25, -0.2) is 0 Å². The number of nitro groups is 1. The zero-order valence-corrected chi connectivity index (χ0v) is 11.2. The van der Waals surface area contributed by atoms with Gasteiger partial charge in [0, 0.05) is 25.3 Å². The highest BCUT2D eigenvalue weighted by molar-refractivity contribution is 5.34. The van der Waals surface area contributed by atoms with Gasteiger partial charge in [-0.3, -0.25) is 10.1 Å². The van der Waals surface area contributed by atoms with Gasteiger partial charge in [-0.15, -0.1) is 5.10 Å². The number of non-ortho nitro benzene ring substituents is 1. The second kappa shape index (κ2) is 5.88. The molecular weight excluding hydrogens is 276 g/mol. The standard InChI is InChI=1S/C13H14N4O4/c18-17(19)10-5-3-9(4-6-10)8-14-13-16-15-12(21-13)11-2-1-7-20-11/h3-6,11H,1-2,7-8H2,(H,14,16). The quantitative estimate of drug-likeness (QED) is 0.666. The molecule has 0 amide bonds. The molecule has 1 aliphatic heterocycles. The van der Waals surface area contributed by atoms with Crippen LogP contribution in [0.1, 0.15) is 30.4 Å². The Hall–Kier alpha value is -2.48. The summed E-state index contributed by atoms with van der Waals surface area (Å²) in [5.74, 6) is 0.485. The van der Waals surface area contributed by atoms with Crippen molar-refractivity contribution in [1.82, 2.24) is 10.2 Å². The largest absolute Gasteiger partial charge is 0.405 e. The van der Waals surface area contributed by atoms with Gasteiger partial charge in [-0.2, -0.15) is 0 Å². The molecule has 8 nitrogen and oxygen atoms in total. The van der Waals surface area contributed by atoms with E-state index in [0.717, 1.165) is 25.0 Å². The number of ether oxygens (including phenoxy) is 1. The number of nitrogens with zero attached hydrogens (tertiary/aromatic N) is 3. The molecule has 1 fully saturated rings. The average molecular weight is 290 g/mol. The van der Waals surface area contributed by atoms with Gasteiger partial charge in [-0.1, -0.05) is 17.2 Å². The van der Waals surface area contributed by atoms with Crippen molar-refractivity contribution in [2.75, 3.05) is 11.9 Å². The van der Waals surface area contributed by atoms with E-state index in [-0.39, 0.29) is 11.8 Å². The molecule has 1 saturated heterocycles. The number of rotatable bonds is 5. The van der Waals surface area contributed by atoms with Gasteiger partial charge in [0.1, 0.15) is 6.10 Å². The van der Waals surface area contributed by atoms with Crippen LogP contribution >= 0.6 is 0 Å². The third-order valence-electron chi connectivity index (χ3n) is 3.24.